The first-order valence-corrected chi connectivity index (χ1v) is 8.33. The standard InChI is InChI=1S/C18H23N3O3/c1-2-23-17-8-7-14(12-16(17)21-9-3-4-10-21)20-18(22)19-13-15-6-5-11-24-15/h3-4,7-10,12,15H,2,5-6,11,13H2,1H3,(H2,19,20,22)/t15-/m1/s1. The third-order valence-electron chi connectivity index (χ3n) is 3.91. The van der Waals surface area contributed by atoms with E-state index in [9.17, 15) is 4.79 Å². The van der Waals surface area contributed by atoms with E-state index >= 15 is 0 Å². The SMILES string of the molecule is CCOc1ccc(NC(=O)NC[C@H]2CCCO2)cc1-n1cccc1. The fraction of sp³-hybridized carbons (Fsp3) is 0.389. The van der Waals surface area contributed by atoms with Gasteiger partial charge in [0.2, 0.25) is 0 Å². The van der Waals surface area contributed by atoms with Crippen LogP contribution in [0.2, 0.25) is 0 Å². The molecular formula is C18H23N3O3. The molecule has 24 heavy (non-hydrogen) atoms. The Balaban J connectivity index is 1.66. The molecule has 0 aliphatic carbocycles. The molecule has 6 nitrogen and oxygen atoms in total. The van der Waals surface area contributed by atoms with E-state index in [0.29, 0.717) is 18.8 Å². The number of nitrogens with one attached hydrogen (secondary N) is 2. The molecule has 1 aromatic heterocycles. The number of carbonyl (C=O) groups is 1. The summed E-state index contributed by atoms with van der Waals surface area (Å²) in [6, 6.07) is 9.27. The second kappa shape index (κ2) is 7.88. The van der Waals surface area contributed by atoms with Gasteiger partial charge in [0, 0.05) is 31.2 Å². The van der Waals surface area contributed by atoms with Crippen molar-refractivity contribution in [1.29, 1.82) is 0 Å². The lowest BCUT2D eigenvalue weighted by Gasteiger charge is -2.15. The molecule has 0 unspecified atom stereocenters. The topological polar surface area (TPSA) is 64.5 Å². The molecule has 1 aromatic carbocycles. The van der Waals surface area contributed by atoms with E-state index in [1.54, 1.807) is 0 Å². The van der Waals surface area contributed by atoms with Gasteiger partial charge in [-0.05, 0) is 50.1 Å². The largest absolute Gasteiger partial charge is 0.492 e. The molecule has 0 spiro atoms. The zero-order valence-electron chi connectivity index (χ0n) is 13.8. The minimum atomic E-state index is -0.229. The van der Waals surface area contributed by atoms with Crippen LogP contribution in [0.5, 0.6) is 5.75 Å². The predicted molar refractivity (Wildman–Crippen MR) is 92.9 cm³/mol. The molecule has 128 valence electrons. The van der Waals surface area contributed by atoms with Crippen molar-refractivity contribution in [2.75, 3.05) is 25.1 Å². The number of hydrogen-bond donors (Lipinski definition) is 2. The lowest BCUT2D eigenvalue weighted by molar-refractivity contribution is 0.112. The lowest BCUT2D eigenvalue weighted by Crippen LogP contribution is -2.35. The summed E-state index contributed by atoms with van der Waals surface area (Å²) in [6.07, 6.45) is 6.08. The molecule has 3 rings (SSSR count). The number of amides is 2. The van der Waals surface area contributed by atoms with Crippen LogP contribution in [-0.2, 0) is 4.74 Å². The average molecular weight is 329 g/mol. The number of anilines is 1. The molecular weight excluding hydrogens is 306 g/mol. The van der Waals surface area contributed by atoms with Crippen molar-refractivity contribution in [1.82, 2.24) is 9.88 Å². The maximum Gasteiger partial charge on any atom is 0.319 e. The van der Waals surface area contributed by atoms with Crippen molar-refractivity contribution in [3.05, 3.63) is 42.7 Å². The number of hydrogen-bond acceptors (Lipinski definition) is 3. The Labute approximate surface area is 141 Å². The fourth-order valence-corrected chi connectivity index (χ4v) is 2.76. The second-order valence-corrected chi connectivity index (χ2v) is 5.68. The molecule has 6 heteroatoms. The van der Waals surface area contributed by atoms with Gasteiger partial charge in [-0.1, -0.05) is 0 Å². The third-order valence-corrected chi connectivity index (χ3v) is 3.91. The number of aromatic nitrogens is 1. The Hall–Kier alpha value is -2.47. The zero-order valence-corrected chi connectivity index (χ0v) is 13.8. The number of rotatable bonds is 6. The van der Waals surface area contributed by atoms with Crippen LogP contribution in [0.4, 0.5) is 10.5 Å². The van der Waals surface area contributed by atoms with Crippen molar-refractivity contribution in [3.63, 3.8) is 0 Å². The smallest absolute Gasteiger partial charge is 0.319 e. The van der Waals surface area contributed by atoms with E-state index in [2.05, 4.69) is 10.6 Å². The van der Waals surface area contributed by atoms with E-state index < -0.39 is 0 Å². The van der Waals surface area contributed by atoms with Gasteiger partial charge in [0.1, 0.15) is 5.75 Å². The molecule has 2 N–H and O–H groups in total. The van der Waals surface area contributed by atoms with Gasteiger partial charge in [0.15, 0.2) is 0 Å². The summed E-state index contributed by atoms with van der Waals surface area (Å²) in [5.74, 6) is 0.777. The molecule has 0 bridgehead atoms. The van der Waals surface area contributed by atoms with Gasteiger partial charge >= 0.3 is 6.03 Å². The van der Waals surface area contributed by atoms with Gasteiger partial charge in [0.25, 0.3) is 0 Å². The highest BCUT2D eigenvalue weighted by atomic mass is 16.5. The summed E-state index contributed by atoms with van der Waals surface area (Å²) in [5.41, 5.74) is 1.60. The highest BCUT2D eigenvalue weighted by molar-refractivity contribution is 5.89. The number of nitrogens with zero attached hydrogens (tertiary/aromatic N) is 1. The normalized spacial score (nSPS) is 16.8. The van der Waals surface area contributed by atoms with Crippen LogP contribution in [0.3, 0.4) is 0 Å². The van der Waals surface area contributed by atoms with Crippen LogP contribution < -0.4 is 15.4 Å². The first-order chi connectivity index (χ1) is 11.8. The Bertz CT molecular complexity index is 664. The summed E-state index contributed by atoms with van der Waals surface area (Å²) in [4.78, 5) is 12.1. The minimum Gasteiger partial charge on any atom is -0.492 e. The summed E-state index contributed by atoms with van der Waals surface area (Å²) in [7, 11) is 0. The molecule has 1 aliphatic heterocycles. The number of urea groups is 1. The Morgan fingerprint density at radius 1 is 1.38 bits per heavy atom. The van der Waals surface area contributed by atoms with Crippen molar-refractivity contribution in [2.45, 2.75) is 25.9 Å². The maximum absolute atomic E-state index is 12.1. The predicted octanol–water partition coefficient (Wildman–Crippen LogP) is 3.18. The van der Waals surface area contributed by atoms with E-state index in [-0.39, 0.29) is 12.1 Å². The highest BCUT2D eigenvalue weighted by Gasteiger charge is 2.16. The molecule has 1 atom stereocenters. The number of carbonyl (C=O) groups excluding carboxylic acids is 1. The quantitative estimate of drug-likeness (QED) is 0.855. The number of benzene rings is 1. The Morgan fingerprint density at radius 2 is 2.21 bits per heavy atom. The van der Waals surface area contributed by atoms with Gasteiger partial charge in [-0.2, -0.15) is 0 Å². The van der Waals surface area contributed by atoms with Crippen LogP contribution in [0.25, 0.3) is 5.69 Å². The van der Waals surface area contributed by atoms with E-state index in [1.807, 2.05) is 54.2 Å². The van der Waals surface area contributed by atoms with Crippen LogP contribution in [0, 0.1) is 0 Å². The minimum absolute atomic E-state index is 0.131. The maximum atomic E-state index is 12.1. The summed E-state index contributed by atoms with van der Waals surface area (Å²) >= 11 is 0. The fourth-order valence-electron chi connectivity index (χ4n) is 2.76. The molecule has 1 fully saturated rings. The summed E-state index contributed by atoms with van der Waals surface area (Å²) in [5, 5.41) is 5.72. The van der Waals surface area contributed by atoms with Crippen LogP contribution in [0.1, 0.15) is 19.8 Å². The van der Waals surface area contributed by atoms with Crippen molar-refractivity contribution >= 4 is 11.7 Å². The summed E-state index contributed by atoms with van der Waals surface area (Å²) < 4.78 is 13.1. The Kier molecular flexibility index (Phi) is 5.38. The first-order valence-electron chi connectivity index (χ1n) is 8.33. The second-order valence-electron chi connectivity index (χ2n) is 5.68. The third kappa shape index (κ3) is 4.08. The van der Waals surface area contributed by atoms with Gasteiger partial charge in [-0.25, -0.2) is 4.79 Å². The van der Waals surface area contributed by atoms with Crippen LogP contribution in [-0.4, -0.2) is 36.5 Å². The summed E-state index contributed by atoms with van der Waals surface area (Å²) in [6.45, 7) is 3.85. The van der Waals surface area contributed by atoms with Gasteiger partial charge in [-0.3, -0.25) is 0 Å². The molecule has 2 amide bonds. The zero-order chi connectivity index (χ0) is 16.8. The van der Waals surface area contributed by atoms with Gasteiger partial charge in [-0.15, -0.1) is 0 Å². The van der Waals surface area contributed by atoms with Crippen molar-refractivity contribution in [3.8, 4) is 11.4 Å². The molecule has 2 aromatic rings. The Morgan fingerprint density at radius 3 is 2.92 bits per heavy atom. The molecule has 1 saturated heterocycles. The molecule has 2 heterocycles. The van der Waals surface area contributed by atoms with Crippen LogP contribution in [0.15, 0.2) is 42.7 Å². The number of ether oxygens (including phenoxy) is 2. The van der Waals surface area contributed by atoms with Crippen molar-refractivity contribution in [2.24, 2.45) is 0 Å². The van der Waals surface area contributed by atoms with Crippen LogP contribution >= 0.6 is 0 Å². The molecule has 0 radical (unpaired) electrons. The molecule has 0 saturated carbocycles. The highest BCUT2D eigenvalue weighted by Crippen LogP contribution is 2.27. The average Bonchev–Trinajstić information content (AvgIpc) is 3.28. The first kappa shape index (κ1) is 16.4. The molecule has 1 aliphatic rings. The van der Waals surface area contributed by atoms with Crippen molar-refractivity contribution < 1.29 is 14.3 Å². The van der Waals surface area contributed by atoms with E-state index in [0.717, 1.165) is 30.9 Å². The van der Waals surface area contributed by atoms with Gasteiger partial charge < -0.3 is 24.7 Å². The van der Waals surface area contributed by atoms with E-state index in [1.165, 1.54) is 0 Å². The monoisotopic (exact) mass is 329 g/mol. The lowest BCUT2D eigenvalue weighted by atomic mass is 10.2. The van der Waals surface area contributed by atoms with Gasteiger partial charge in [0.05, 0.1) is 18.4 Å². The van der Waals surface area contributed by atoms with E-state index in [4.69, 9.17) is 9.47 Å².